The van der Waals surface area contributed by atoms with Crippen LogP contribution in [-0.2, 0) is 0 Å². The molecule has 0 saturated carbocycles. The Balaban J connectivity index is 2.63. The third-order valence-corrected chi connectivity index (χ3v) is 2.90. The van der Waals surface area contributed by atoms with Gasteiger partial charge in [0.05, 0.1) is 10.6 Å². The van der Waals surface area contributed by atoms with E-state index in [0.717, 1.165) is 18.9 Å². The van der Waals surface area contributed by atoms with Gasteiger partial charge in [0.2, 0.25) is 0 Å². The van der Waals surface area contributed by atoms with Crippen molar-refractivity contribution >= 4 is 29.1 Å². The van der Waals surface area contributed by atoms with Gasteiger partial charge in [-0.1, -0.05) is 11.6 Å². The molecule has 0 bridgehead atoms. The zero-order valence-corrected chi connectivity index (χ0v) is 11.0. The normalized spacial score (nSPS) is 12.2. The molecule has 1 aromatic rings. The number of hydrogen-bond acceptors (Lipinski definition) is 1. The van der Waals surface area contributed by atoms with Gasteiger partial charge in [-0.25, -0.2) is 4.39 Å². The van der Waals surface area contributed by atoms with Gasteiger partial charge in [-0.15, -0.1) is 11.6 Å². The van der Waals surface area contributed by atoms with Crippen LogP contribution < -0.4 is 5.32 Å². The number of hydrogen-bond donors (Lipinski definition) is 1. The molecule has 5 heteroatoms. The highest BCUT2D eigenvalue weighted by Crippen LogP contribution is 2.17. The maximum absolute atomic E-state index is 12.8. The number of nitrogens with one attached hydrogen (secondary N) is 1. The summed E-state index contributed by atoms with van der Waals surface area (Å²) < 4.78 is 12.8. The molecule has 1 atom stereocenters. The lowest BCUT2D eigenvalue weighted by atomic mass is 10.1. The second kappa shape index (κ2) is 6.82. The molecule has 1 rings (SSSR count). The fourth-order valence-electron chi connectivity index (χ4n) is 1.43. The van der Waals surface area contributed by atoms with Crippen molar-refractivity contribution in [1.29, 1.82) is 0 Å². The molecule has 0 saturated heterocycles. The van der Waals surface area contributed by atoms with Crippen LogP contribution in [-0.4, -0.2) is 17.8 Å². The van der Waals surface area contributed by atoms with E-state index < -0.39 is 5.82 Å². The summed E-state index contributed by atoms with van der Waals surface area (Å²) in [5, 5.41) is 2.90. The van der Waals surface area contributed by atoms with Crippen LogP contribution >= 0.6 is 23.2 Å². The Morgan fingerprint density at radius 1 is 1.53 bits per heavy atom. The number of amides is 1. The van der Waals surface area contributed by atoms with E-state index in [4.69, 9.17) is 23.2 Å². The molecular weight excluding hydrogens is 264 g/mol. The van der Waals surface area contributed by atoms with Crippen LogP contribution in [0.4, 0.5) is 4.39 Å². The first-order valence-corrected chi connectivity index (χ1v) is 6.27. The van der Waals surface area contributed by atoms with Crippen molar-refractivity contribution in [2.75, 3.05) is 5.88 Å². The van der Waals surface area contributed by atoms with E-state index in [1.54, 1.807) is 0 Å². The number of rotatable bonds is 5. The summed E-state index contributed by atoms with van der Waals surface area (Å²) in [6, 6.07) is 3.73. The largest absolute Gasteiger partial charge is 0.350 e. The van der Waals surface area contributed by atoms with Crippen molar-refractivity contribution in [2.45, 2.75) is 25.8 Å². The molecule has 0 heterocycles. The summed E-state index contributed by atoms with van der Waals surface area (Å²) in [5.41, 5.74) is 0.283. The molecule has 1 aromatic carbocycles. The summed E-state index contributed by atoms with van der Waals surface area (Å²) in [4.78, 5) is 11.8. The number of carbonyl (C=O) groups is 1. The highest BCUT2D eigenvalue weighted by Gasteiger charge is 2.13. The molecule has 0 spiro atoms. The van der Waals surface area contributed by atoms with Crippen LogP contribution in [0.1, 0.15) is 30.1 Å². The van der Waals surface area contributed by atoms with Crippen molar-refractivity contribution in [1.82, 2.24) is 5.32 Å². The van der Waals surface area contributed by atoms with Crippen LogP contribution in [0.3, 0.4) is 0 Å². The molecule has 0 aromatic heterocycles. The fraction of sp³-hybridized carbons (Fsp3) is 0.417. The molecule has 0 aliphatic heterocycles. The second-order valence-corrected chi connectivity index (χ2v) is 4.62. The third kappa shape index (κ3) is 4.52. The van der Waals surface area contributed by atoms with E-state index in [1.807, 2.05) is 6.92 Å². The topological polar surface area (TPSA) is 29.1 Å². The van der Waals surface area contributed by atoms with Gasteiger partial charge in [0, 0.05) is 11.9 Å². The van der Waals surface area contributed by atoms with Crippen LogP contribution in [0.5, 0.6) is 0 Å². The van der Waals surface area contributed by atoms with E-state index >= 15 is 0 Å². The molecule has 1 N–H and O–H groups in total. The number of carbonyl (C=O) groups excluding carboxylic acids is 1. The average Bonchev–Trinajstić information content (AvgIpc) is 2.26. The first-order chi connectivity index (χ1) is 8.04. The van der Waals surface area contributed by atoms with Crippen LogP contribution in [0, 0.1) is 5.82 Å². The zero-order chi connectivity index (χ0) is 12.8. The summed E-state index contributed by atoms with van der Waals surface area (Å²) >= 11 is 11.4. The number of alkyl halides is 1. The van der Waals surface area contributed by atoms with Gasteiger partial charge in [0.1, 0.15) is 5.82 Å². The third-order valence-electron chi connectivity index (χ3n) is 2.32. The van der Waals surface area contributed by atoms with Gasteiger partial charge in [-0.3, -0.25) is 4.79 Å². The SMILES string of the molecule is CC(CCCCl)NC(=O)c1ccc(F)cc1Cl. The maximum atomic E-state index is 12.8. The molecule has 1 amide bonds. The lowest BCUT2D eigenvalue weighted by Crippen LogP contribution is -2.32. The van der Waals surface area contributed by atoms with Gasteiger partial charge < -0.3 is 5.32 Å². The van der Waals surface area contributed by atoms with Gasteiger partial charge >= 0.3 is 0 Å². The van der Waals surface area contributed by atoms with Gasteiger partial charge in [-0.2, -0.15) is 0 Å². The van der Waals surface area contributed by atoms with Crippen molar-refractivity contribution in [2.24, 2.45) is 0 Å². The molecule has 94 valence electrons. The second-order valence-electron chi connectivity index (χ2n) is 3.83. The number of halogens is 3. The van der Waals surface area contributed by atoms with E-state index in [9.17, 15) is 9.18 Å². The van der Waals surface area contributed by atoms with E-state index in [2.05, 4.69) is 5.32 Å². The van der Waals surface area contributed by atoms with E-state index in [1.165, 1.54) is 12.1 Å². The molecule has 1 unspecified atom stereocenters. The van der Waals surface area contributed by atoms with Gasteiger partial charge in [0.15, 0.2) is 0 Å². The Kier molecular flexibility index (Phi) is 5.72. The molecule has 0 aliphatic carbocycles. The Hall–Kier alpha value is -0.800. The van der Waals surface area contributed by atoms with Crippen LogP contribution in [0.15, 0.2) is 18.2 Å². The van der Waals surface area contributed by atoms with Crippen molar-refractivity contribution < 1.29 is 9.18 Å². The zero-order valence-electron chi connectivity index (χ0n) is 9.47. The van der Waals surface area contributed by atoms with Gasteiger partial charge in [-0.05, 0) is 38.0 Å². The molecular formula is C12H14Cl2FNO. The monoisotopic (exact) mass is 277 g/mol. The lowest BCUT2D eigenvalue weighted by molar-refractivity contribution is 0.0938. The molecule has 2 nitrogen and oxygen atoms in total. The standard InChI is InChI=1S/C12H14Cl2FNO/c1-8(3-2-6-13)16-12(17)10-5-4-9(15)7-11(10)14/h4-5,7-8H,2-3,6H2,1H3,(H,16,17). The number of benzene rings is 1. The Morgan fingerprint density at radius 2 is 2.24 bits per heavy atom. The predicted molar refractivity (Wildman–Crippen MR) is 68.3 cm³/mol. The predicted octanol–water partition coefficient (Wildman–Crippen LogP) is 3.62. The van der Waals surface area contributed by atoms with Crippen LogP contribution in [0.25, 0.3) is 0 Å². The molecule has 0 fully saturated rings. The quantitative estimate of drug-likeness (QED) is 0.819. The van der Waals surface area contributed by atoms with Crippen LogP contribution in [0.2, 0.25) is 5.02 Å². The average molecular weight is 278 g/mol. The Labute approximate surface area is 110 Å². The maximum Gasteiger partial charge on any atom is 0.253 e. The van der Waals surface area contributed by atoms with Crippen molar-refractivity contribution in [3.05, 3.63) is 34.6 Å². The van der Waals surface area contributed by atoms with E-state index in [-0.39, 0.29) is 22.5 Å². The Morgan fingerprint density at radius 3 is 2.82 bits per heavy atom. The first-order valence-electron chi connectivity index (χ1n) is 5.36. The molecule has 0 radical (unpaired) electrons. The van der Waals surface area contributed by atoms with E-state index in [0.29, 0.717) is 5.88 Å². The lowest BCUT2D eigenvalue weighted by Gasteiger charge is -2.13. The summed E-state index contributed by atoms with van der Waals surface area (Å²) in [6.45, 7) is 1.89. The molecule has 0 aliphatic rings. The fourth-order valence-corrected chi connectivity index (χ4v) is 1.84. The Bertz CT molecular complexity index is 398. The highest BCUT2D eigenvalue weighted by atomic mass is 35.5. The minimum atomic E-state index is -0.457. The minimum Gasteiger partial charge on any atom is -0.350 e. The van der Waals surface area contributed by atoms with Crippen molar-refractivity contribution in [3.63, 3.8) is 0 Å². The molecule has 17 heavy (non-hydrogen) atoms. The minimum absolute atomic E-state index is 0.0161. The smallest absolute Gasteiger partial charge is 0.253 e. The van der Waals surface area contributed by atoms with Crippen molar-refractivity contribution in [3.8, 4) is 0 Å². The summed E-state index contributed by atoms with van der Waals surface area (Å²) in [7, 11) is 0. The summed E-state index contributed by atoms with van der Waals surface area (Å²) in [5.74, 6) is -0.184. The highest BCUT2D eigenvalue weighted by molar-refractivity contribution is 6.33. The summed E-state index contributed by atoms with van der Waals surface area (Å²) in [6.07, 6.45) is 1.63. The first kappa shape index (κ1) is 14.3. The van der Waals surface area contributed by atoms with Gasteiger partial charge in [0.25, 0.3) is 5.91 Å².